The highest BCUT2D eigenvalue weighted by Crippen LogP contribution is 2.38. The van der Waals surface area contributed by atoms with Gasteiger partial charge in [0, 0.05) is 35.9 Å². The van der Waals surface area contributed by atoms with Gasteiger partial charge in [0.05, 0.1) is 12.1 Å². The lowest BCUT2D eigenvalue weighted by Crippen LogP contribution is -2.44. The number of carbonyl (C=O) groups is 2. The summed E-state index contributed by atoms with van der Waals surface area (Å²) < 4.78 is 15.0. The summed E-state index contributed by atoms with van der Waals surface area (Å²) in [7, 11) is 0. The van der Waals surface area contributed by atoms with E-state index in [4.69, 9.17) is 18.8 Å². The van der Waals surface area contributed by atoms with Crippen molar-refractivity contribution in [2.75, 3.05) is 9.80 Å². The van der Waals surface area contributed by atoms with Crippen LogP contribution < -0.4 is 15.1 Å². The first-order valence-electron chi connectivity index (χ1n) is 10.6. The van der Waals surface area contributed by atoms with Crippen molar-refractivity contribution in [1.82, 2.24) is 15.3 Å². The number of hydrogen-bond acceptors (Lipinski definition) is 5. The predicted molar refractivity (Wildman–Crippen MR) is 134 cm³/mol. The minimum atomic E-state index is -1.07. The van der Waals surface area contributed by atoms with E-state index >= 15 is 4.39 Å². The summed E-state index contributed by atoms with van der Waals surface area (Å²) in [6.45, 7) is 12.4. The second-order valence-corrected chi connectivity index (χ2v) is 8.85. The Balaban J connectivity index is 1.58. The van der Waals surface area contributed by atoms with Crippen LogP contribution in [-0.2, 0) is 11.3 Å². The molecule has 8 nitrogen and oxygen atoms in total. The summed E-state index contributed by atoms with van der Waals surface area (Å²) >= 11 is 5.65. The fourth-order valence-electron chi connectivity index (χ4n) is 3.87. The lowest BCUT2D eigenvalue weighted by Gasteiger charge is -2.29. The highest BCUT2D eigenvalue weighted by Gasteiger charge is 2.50. The van der Waals surface area contributed by atoms with Gasteiger partial charge in [-0.3, -0.25) is 14.5 Å². The molecular formula is C25H21FN6O2S. The zero-order valence-electron chi connectivity index (χ0n) is 19.2. The van der Waals surface area contributed by atoms with Crippen molar-refractivity contribution < 1.29 is 14.0 Å². The highest BCUT2D eigenvalue weighted by atomic mass is 32.1. The molecule has 1 aliphatic rings. The Bertz CT molecular complexity index is 1390. The first-order valence-corrected chi connectivity index (χ1v) is 11.0. The Morgan fingerprint density at radius 1 is 1.17 bits per heavy atom. The van der Waals surface area contributed by atoms with Crippen LogP contribution >= 0.6 is 12.2 Å². The summed E-state index contributed by atoms with van der Waals surface area (Å²) in [5.41, 5.74) is 1.65. The maximum absolute atomic E-state index is 15.0. The topological polar surface area (TPSA) is 82.8 Å². The molecule has 2 heterocycles. The number of halogens is 1. The molecule has 1 fully saturated rings. The number of aromatic nitrogens is 2. The number of nitrogens with one attached hydrogen (secondary N) is 1. The molecule has 1 aromatic heterocycles. The van der Waals surface area contributed by atoms with Gasteiger partial charge in [0.1, 0.15) is 17.7 Å². The first kappa shape index (κ1) is 23.9. The predicted octanol–water partition coefficient (Wildman–Crippen LogP) is 4.32. The van der Waals surface area contributed by atoms with E-state index in [1.807, 2.05) is 0 Å². The van der Waals surface area contributed by atoms with E-state index in [2.05, 4.69) is 20.1 Å². The number of anilines is 2. The third-order valence-electron chi connectivity index (χ3n) is 5.78. The van der Waals surface area contributed by atoms with Gasteiger partial charge in [0.15, 0.2) is 10.8 Å². The lowest BCUT2D eigenvalue weighted by molar-refractivity contribution is -0.120. The van der Waals surface area contributed by atoms with E-state index in [1.54, 1.807) is 56.0 Å². The van der Waals surface area contributed by atoms with Crippen LogP contribution in [0.4, 0.5) is 21.5 Å². The van der Waals surface area contributed by atoms with Crippen LogP contribution in [0.25, 0.3) is 4.85 Å². The average molecular weight is 489 g/mol. The van der Waals surface area contributed by atoms with Crippen LogP contribution in [0.15, 0.2) is 55.1 Å². The van der Waals surface area contributed by atoms with Crippen LogP contribution in [0.3, 0.4) is 0 Å². The molecule has 1 aliphatic heterocycles. The maximum Gasteiger partial charge on any atom is 0.259 e. The van der Waals surface area contributed by atoms with Crippen molar-refractivity contribution in [1.29, 1.82) is 0 Å². The quantitative estimate of drug-likeness (QED) is 0.426. The van der Waals surface area contributed by atoms with Gasteiger partial charge in [-0.25, -0.2) is 19.2 Å². The van der Waals surface area contributed by atoms with Crippen molar-refractivity contribution in [3.63, 3.8) is 0 Å². The molecular weight excluding hydrogens is 467 g/mol. The minimum Gasteiger partial charge on any atom is -0.348 e. The fraction of sp³-hybridized carbons (Fsp3) is 0.200. The van der Waals surface area contributed by atoms with Crippen LogP contribution in [-0.4, -0.2) is 32.4 Å². The van der Waals surface area contributed by atoms with Gasteiger partial charge < -0.3 is 10.2 Å². The first-order chi connectivity index (χ1) is 16.6. The average Bonchev–Trinajstić information content (AvgIpc) is 3.01. The zero-order valence-corrected chi connectivity index (χ0v) is 20.1. The summed E-state index contributed by atoms with van der Waals surface area (Å²) in [5, 5.41) is 2.85. The third-order valence-corrected chi connectivity index (χ3v) is 6.15. The van der Waals surface area contributed by atoms with E-state index in [-0.39, 0.29) is 28.7 Å². The molecule has 2 aromatic carbocycles. The van der Waals surface area contributed by atoms with Crippen LogP contribution in [0.2, 0.25) is 0 Å². The van der Waals surface area contributed by atoms with E-state index in [1.165, 1.54) is 29.7 Å². The Hall–Kier alpha value is -4.23. The molecule has 1 saturated heterocycles. The number of thiocarbonyl (C=S) groups is 1. The van der Waals surface area contributed by atoms with Gasteiger partial charge in [-0.05, 0) is 62.8 Å². The SMILES string of the molecule is [C-]#[N+]c1ccc(N2C(=O)C(C)(C)N(c3ccc(CNC(=O)c4cncnc4)c(F)c3)C2=S)cc1C. The van der Waals surface area contributed by atoms with Gasteiger partial charge in [-0.1, -0.05) is 12.1 Å². The molecule has 176 valence electrons. The number of amides is 2. The summed E-state index contributed by atoms with van der Waals surface area (Å²) in [5.74, 6) is -1.23. The fourth-order valence-corrected chi connectivity index (χ4v) is 4.39. The Morgan fingerprint density at radius 2 is 1.86 bits per heavy atom. The monoisotopic (exact) mass is 488 g/mol. The normalized spacial score (nSPS) is 14.7. The van der Waals surface area contributed by atoms with Crippen molar-refractivity contribution in [3.05, 3.63) is 89.0 Å². The van der Waals surface area contributed by atoms with E-state index < -0.39 is 17.3 Å². The molecule has 0 aliphatic carbocycles. The van der Waals surface area contributed by atoms with Crippen molar-refractivity contribution >= 4 is 46.2 Å². The van der Waals surface area contributed by atoms with Crippen LogP contribution in [0.1, 0.15) is 35.3 Å². The number of carbonyl (C=O) groups excluding carboxylic acids is 2. The smallest absolute Gasteiger partial charge is 0.259 e. The van der Waals surface area contributed by atoms with Gasteiger partial charge >= 0.3 is 0 Å². The number of hydrogen-bond donors (Lipinski definition) is 1. The zero-order chi connectivity index (χ0) is 25.3. The molecule has 1 N–H and O–H groups in total. The molecule has 3 aromatic rings. The summed E-state index contributed by atoms with van der Waals surface area (Å²) in [6, 6.07) is 9.57. The number of nitrogens with zero attached hydrogens (tertiary/aromatic N) is 5. The van der Waals surface area contributed by atoms with E-state index in [0.29, 0.717) is 17.1 Å². The molecule has 0 bridgehead atoms. The standard InChI is InChI=1S/C25H21FN6O2S/c1-15-9-18(7-8-21(15)27-4)31-23(34)25(2,3)32(24(31)35)19-6-5-16(20(26)10-19)13-30-22(33)17-11-28-14-29-12-17/h5-12,14H,13H2,1-3H3,(H,30,33). The van der Waals surface area contributed by atoms with Crippen molar-refractivity contribution in [3.8, 4) is 0 Å². The molecule has 0 radical (unpaired) electrons. The number of benzene rings is 2. The van der Waals surface area contributed by atoms with Gasteiger partial charge in [0.25, 0.3) is 11.8 Å². The maximum atomic E-state index is 15.0. The van der Waals surface area contributed by atoms with Crippen LogP contribution in [0, 0.1) is 19.3 Å². The molecule has 35 heavy (non-hydrogen) atoms. The second-order valence-electron chi connectivity index (χ2n) is 8.49. The van der Waals surface area contributed by atoms with Crippen molar-refractivity contribution in [2.24, 2.45) is 0 Å². The molecule has 10 heteroatoms. The molecule has 0 unspecified atom stereocenters. The molecule has 0 atom stereocenters. The van der Waals surface area contributed by atoms with E-state index in [9.17, 15) is 9.59 Å². The summed E-state index contributed by atoms with van der Waals surface area (Å²) in [6.07, 6.45) is 4.06. The Labute approximate surface area is 207 Å². The number of aryl methyl sites for hydroxylation is 1. The lowest BCUT2D eigenvalue weighted by atomic mass is 10.0. The molecule has 2 amide bonds. The number of rotatable bonds is 5. The van der Waals surface area contributed by atoms with Gasteiger partial charge in [-0.15, -0.1) is 0 Å². The molecule has 0 saturated carbocycles. The molecule has 0 spiro atoms. The third kappa shape index (κ3) is 4.34. The Kier molecular flexibility index (Phi) is 6.28. The molecule has 4 rings (SSSR count). The van der Waals surface area contributed by atoms with E-state index in [0.717, 1.165) is 5.56 Å². The van der Waals surface area contributed by atoms with Crippen molar-refractivity contribution in [2.45, 2.75) is 32.9 Å². The van der Waals surface area contributed by atoms with Crippen LogP contribution in [0.5, 0.6) is 0 Å². The summed E-state index contributed by atoms with van der Waals surface area (Å²) in [4.78, 5) is 39.6. The highest BCUT2D eigenvalue weighted by molar-refractivity contribution is 7.81. The second kappa shape index (κ2) is 9.19. The minimum absolute atomic E-state index is 0.0363. The van der Waals surface area contributed by atoms with Gasteiger partial charge in [0.2, 0.25) is 0 Å². The van der Waals surface area contributed by atoms with Gasteiger partial charge in [-0.2, -0.15) is 0 Å². The Morgan fingerprint density at radius 3 is 2.49 bits per heavy atom. The largest absolute Gasteiger partial charge is 0.348 e.